The van der Waals surface area contributed by atoms with Gasteiger partial charge in [0.1, 0.15) is 5.78 Å². The van der Waals surface area contributed by atoms with E-state index in [1.54, 1.807) is 0 Å². The summed E-state index contributed by atoms with van der Waals surface area (Å²) in [7, 11) is 0. The van der Waals surface area contributed by atoms with Crippen molar-refractivity contribution in [3.8, 4) is 0 Å². The molecule has 0 heterocycles. The van der Waals surface area contributed by atoms with Gasteiger partial charge in [-0.1, -0.05) is 74.0 Å². The molecule has 0 aliphatic rings. The maximum absolute atomic E-state index is 12.2. The highest BCUT2D eigenvalue weighted by molar-refractivity contribution is 5.80. The molecule has 0 unspecified atom stereocenters. The van der Waals surface area contributed by atoms with Gasteiger partial charge in [-0.2, -0.15) is 0 Å². The largest absolute Gasteiger partial charge is 0.298 e. The van der Waals surface area contributed by atoms with Gasteiger partial charge >= 0.3 is 0 Å². The van der Waals surface area contributed by atoms with Crippen molar-refractivity contribution >= 4 is 5.78 Å². The number of ketones is 1. The number of hydrogen-bond donors (Lipinski definition) is 0. The van der Waals surface area contributed by atoms with E-state index in [1.165, 1.54) is 11.1 Å². The fraction of sp³-hybridized carbons (Fsp3) is 0.350. The third-order valence-electron chi connectivity index (χ3n) is 3.71. The summed E-state index contributed by atoms with van der Waals surface area (Å²) in [4.78, 5) is 14.4. The number of benzene rings is 2. The van der Waals surface area contributed by atoms with Gasteiger partial charge in [0.15, 0.2) is 0 Å². The van der Waals surface area contributed by atoms with E-state index in [0.29, 0.717) is 18.7 Å². The van der Waals surface area contributed by atoms with E-state index in [2.05, 4.69) is 60.4 Å². The van der Waals surface area contributed by atoms with Crippen molar-refractivity contribution in [2.75, 3.05) is 6.54 Å². The molecule has 0 saturated carbocycles. The Bertz CT molecular complexity index is 509. The van der Waals surface area contributed by atoms with Crippen molar-refractivity contribution in [2.45, 2.75) is 39.3 Å². The number of rotatable bonds is 9. The van der Waals surface area contributed by atoms with Crippen LogP contribution in [0, 0.1) is 0 Å². The number of carbonyl (C=O) groups excluding carboxylic acids is 1. The van der Waals surface area contributed by atoms with Gasteiger partial charge in [-0.3, -0.25) is 9.69 Å². The Labute approximate surface area is 133 Å². The zero-order valence-electron chi connectivity index (χ0n) is 13.4. The smallest absolute Gasteiger partial charge is 0.146 e. The highest BCUT2D eigenvalue weighted by Crippen LogP contribution is 2.11. The Balaban J connectivity index is 2.01. The summed E-state index contributed by atoms with van der Waals surface area (Å²) >= 11 is 0. The molecule has 0 atom stereocenters. The predicted octanol–water partition coefficient (Wildman–Crippen LogP) is 4.45. The molecule has 0 aliphatic carbocycles. The second-order valence-corrected chi connectivity index (χ2v) is 5.76. The Morgan fingerprint density at radius 1 is 0.864 bits per heavy atom. The maximum Gasteiger partial charge on any atom is 0.146 e. The Morgan fingerprint density at radius 2 is 1.36 bits per heavy atom. The zero-order valence-corrected chi connectivity index (χ0v) is 13.4. The van der Waals surface area contributed by atoms with Gasteiger partial charge in [0.05, 0.1) is 6.54 Å². The first-order valence-corrected chi connectivity index (χ1v) is 8.10. The van der Waals surface area contributed by atoms with E-state index in [-0.39, 0.29) is 0 Å². The van der Waals surface area contributed by atoms with Gasteiger partial charge in [-0.05, 0) is 17.5 Å². The van der Waals surface area contributed by atoms with E-state index >= 15 is 0 Å². The molecule has 0 spiro atoms. The van der Waals surface area contributed by atoms with E-state index in [4.69, 9.17) is 0 Å². The molecule has 0 radical (unpaired) electrons. The molecule has 22 heavy (non-hydrogen) atoms. The minimum Gasteiger partial charge on any atom is -0.298 e. The molecule has 0 bridgehead atoms. The molecule has 2 aromatic rings. The van der Waals surface area contributed by atoms with Crippen LogP contribution in [0.5, 0.6) is 0 Å². The van der Waals surface area contributed by atoms with Crippen molar-refractivity contribution in [1.82, 2.24) is 4.90 Å². The van der Waals surface area contributed by atoms with Gasteiger partial charge in [0, 0.05) is 19.5 Å². The summed E-state index contributed by atoms with van der Waals surface area (Å²) in [6, 6.07) is 20.7. The van der Waals surface area contributed by atoms with Crippen LogP contribution in [0.25, 0.3) is 0 Å². The summed E-state index contributed by atoms with van der Waals surface area (Å²) in [5.41, 5.74) is 2.50. The SMILES string of the molecule is CCCCC(=O)CN(Cc1ccccc1)Cc1ccccc1. The van der Waals surface area contributed by atoms with Crippen LogP contribution in [-0.4, -0.2) is 17.2 Å². The molecule has 0 saturated heterocycles. The van der Waals surface area contributed by atoms with Gasteiger partial charge in [0.25, 0.3) is 0 Å². The van der Waals surface area contributed by atoms with Crippen molar-refractivity contribution in [3.63, 3.8) is 0 Å². The van der Waals surface area contributed by atoms with E-state index in [1.807, 2.05) is 12.1 Å². The van der Waals surface area contributed by atoms with Crippen LogP contribution in [0.4, 0.5) is 0 Å². The lowest BCUT2D eigenvalue weighted by Gasteiger charge is -2.22. The molecule has 0 aromatic heterocycles. The fourth-order valence-electron chi connectivity index (χ4n) is 2.55. The zero-order chi connectivity index (χ0) is 15.6. The van der Waals surface area contributed by atoms with Gasteiger partial charge in [-0.25, -0.2) is 0 Å². The minimum atomic E-state index is 0.341. The van der Waals surface area contributed by atoms with Gasteiger partial charge in [-0.15, -0.1) is 0 Å². The number of nitrogens with zero attached hydrogens (tertiary/aromatic N) is 1. The quantitative estimate of drug-likeness (QED) is 0.681. The molecule has 0 amide bonds. The molecule has 0 N–H and O–H groups in total. The Hall–Kier alpha value is -1.93. The molecule has 2 aromatic carbocycles. The summed E-state index contributed by atoms with van der Waals surface area (Å²) in [5, 5.41) is 0. The first kappa shape index (κ1) is 16.4. The number of Topliss-reactive ketones (excluding diaryl/α,β-unsaturated/α-hetero) is 1. The average Bonchev–Trinajstić information content (AvgIpc) is 2.55. The fourth-order valence-corrected chi connectivity index (χ4v) is 2.55. The molecular formula is C20H25NO. The highest BCUT2D eigenvalue weighted by Gasteiger charge is 2.11. The first-order valence-electron chi connectivity index (χ1n) is 8.10. The summed E-state index contributed by atoms with van der Waals surface area (Å²) in [6.07, 6.45) is 2.75. The summed E-state index contributed by atoms with van der Waals surface area (Å²) in [5.74, 6) is 0.341. The minimum absolute atomic E-state index is 0.341. The Kier molecular flexibility index (Phi) is 6.85. The number of unbranched alkanes of at least 4 members (excludes halogenated alkanes) is 1. The maximum atomic E-state index is 12.2. The van der Waals surface area contributed by atoms with Gasteiger partial charge < -0.3 is 0 Å². The van der Waals surface area contributed by atoms with Crippen LogP contribution in [0.15, 0.2) is 60.7 Å². The molecule has 2 rings (SSSR count). The van der Waals surface area contributed by atoms with E-state index in [9.17, 15) is 4.79 Å². The third kappa shape index (κ3) is 5.82. The lowest BCUT2D eigenvalue weighted by Crippen LogP contribution is -2.29. The highest BCUT2D eigenvalue weighted by atomic mass is 16.1. The molecule has 116 valence electrons. The second-order valence-electron chi connectivity index (χ2n) is 5.76. The van der Waals surface area contributed by atoms with E-state index in [0.717, 1.165) is 25.9 Å². The van der Waals surface area contributed by atoms with Crippen LogP contribution >= 0.6 is 0 Å². The van der Waals surface area contributed by atoms with Crippen molar-refractivity contribution < 1.29 is 4.79 Å². The summed E-state index contributed by atoms with van der Waals surface area (Å²) in [6.45, 7) is 4.28. The topological polar surface area (TPSA) is 20.3 Å². The molecule has 2 heteroatoms. The first-order chi connectivity index (χ1) is 10.8. The number of carbonyl (C=O) groups is 1. The van der Waals surface area contributed by atoms with Crippen molar-refractivity contribution in [3.05, 3.63) is 71.8 Å². The van der Waals surface area contributed by atoms with Crippen LogP contribution < -0.4 is 0 Å². The van der Waals surface area contributed by atoms with Crippen molar-refractivity contribution in [1.29, 1.82) is 0 Å². The van der Waals surface area contributed by atoms with E-state index < -0.39 is 0 Å². The predicted molar refractivity (Wildman–Crippen MR) is 91.5 cm³/mol. The molecule has 2 nitrogen and oxygen atoms in total. The van der Waals surface area contributed by atoms with Crippen molar-refractivity contribution in [2.24, 2.45) is 0 Å². The molecule has 0 aliphatic heterocycles. The standard InChI is InChI=1S/C20H25NO/c1-2-3-14-20(22)17-21(15-18-10-6-4-7-11-18)16-19-12-8-5-9-13-19/h4-13H,2-3,14-17H2,1H3. The van der Waals surface area contributed by atoms with Crippen LogP contribution in [0.3, 0.4) is 0 Å². The summed E-state index contributed by atoms with van der Waals surface area (Å²) < 4.78 is 0. The van der Waals surface area contributed by atoms with Gasteiger partial charge in [0.2, 0.25) is 0 Å². The average molecular weight is 295 g/mol. The van der Waals surface area contributed by atoms with Crippen LogP contribution in [-0.2, 0) is 17.9 Å². The molecular weight excluding hydrogens is 270 g/mol. The lowest BCUT2D eigenvalue weighted by atomic mass is 10.1. The monoisotopic (exact) mass is 295 g/mol. The Morgan fingerprint density at radius 3 is 1.82 bits per heavy atom. The third-order valence-corrected chi connectivity index (χ3v) is 3.71. The molecule has 0 fully saturated rings. The normalized spacial score (nSPS) is 10.8. The van der Waals surface area contributed by atoms with Crippen LogP contribution in [0.1, 0.15) is 37.3 Å². The second kappa shape index (κ2) is 9.16. The number of hydrogen-bond acceptors (Lipinski definition) is 2. The lowest BCUT2D eigenvalue weighted by molar-refractivity contribution is -0.120. The van der Waals surface area contributed by atoms with Crippen LogP contribution in [0.2, 0.25) is 0 Å².